The van der Waals surface area contributed by atoms with Crippen LogP contribution >= 0.6 is 0 Å². The van der Waals surface area contributed by atoms with Gasteiger partial charge in [0, 0.05) is 6.54 Å². The average Bonchev–Trinajstić information content (AvgIpc) is 2.64. The minimum Gasteiger partial charge on any atom is -0.491 e. The molecule has 2 aromatic rings. The number of benzene rings is 2. The molecular weight excluding hydrogens is 332 g/mol. The predicted octanol–water partition coefficient (Wildman–Crippen LogP) is 1.21. The van der Waals surface area contributed by atoms with Crippen molar-refractivity contribution in [1.29, 1.82) is 0 Å². The zero-order chi connectivity index (χ0) is 18.8. The molecule has 6 heteroatoms. The van der Waals surface area contributed by atoms with E-state index in [0.29, 0.717) is 5.75 Å². The maximum Gasteiger partial charge on any atom is 0.239 e. The van der Waals surface area contributed by atoms with Gasteiger partial charge >= 0.3 is 0 Å². The molecule has 2 amide bonds. The molecule has 2 rings (SSSR count). The van der Waals surface area contributed by atoms with E-state index in [-0.39, 0.29) is 37.9 Å². The van der Waals surface area contributed by atoms with Gasteiger partial charge in [0.2, 0.25) is 11.8 Å². The molecule has 0 bridgehead atoms. The Labute approximate surface area is 153 Å². The first kappa shape index (κ1) is 19.5. The first-order valence-corrected chi connectivity index (χ1v) is 8.48. The van der Waals surface area contributed by atoms with Crippen LogP contribution in [0.5, 0.6) is 5.75 Å². The lowest BCUT2D eigenvalue weighted by molar-refractivity contribution is -0.126. The molecule has 26 heavy (non-hydrogen) atoms. The van der Waals surface area contributed by atoms with E-state index in [1.54, 1.807) is 6.07 Å². The van der Waals surface area contributed by atoms with Gasteiger partial charge in [-0.15, -0.1) is 0 Å². The van der Waals surface area contributed by atoms with Gasteiger partial charge in [-0.3, -0.25) is 9.59 Å². The van der Waals surface area contributed by atoms with Gasteiger partial charge in [-0.2, -0.15) is 0 Å². The summed E-state index contributed by atoms with van der Waals surface area (Å²) in [4.78, 5) is 23.5. The molecule has 0 saturated carbocycles. The van der Waals surface area contributed by atoms with Gasteiger partial charge in [-0.25, -0.2) is 0 Å². The molecule has 6 nitrogen and oxygen atoms in total. The largest absolute Gasteiger partial charge is 0.491 e. The lowest BCUT2D eigenvalue weighted by Crippen LogP contribution is -2.41. The van der Waals surface area contributed by atoms with Crippen molar-refractivity contribution in [3.63, 3.8) is 0 Å². The van der Waals surface area contributed by atoms with E-state index in [1.165, 1.54) is 0 Å². The summed E-state index contributed by atoms with van der Waals surface area (Å²) in [5, 5.41) is 15.0. The van der Waals surface area contributed by atoms with Crippen LogP contribution in [-0.2, 0) is 16.0 Å². The normalized spacial score (nSPS) is 11.5. The highest BCUT2D eigenvalue weighted by atomic mass is 16.5. The van der Waals surface area contributed by atoms with Crippen molar-refractivity contribution in [2.75, 3.05) is 19.7 Å². The lowest BCUT2D eigenvalue weighted by Gasteiger charge is -2.14. The number of aliphatic hydroxyl groups excluding tert-OH is 1. The molecule has 0 radical (unpaired) electrons. The van der Waals surface area contributed by atoms with Crippen LogP contribution in [0.1, 0.15) is 11.1 Å². The van der Waals surface area contributed by atoms with Gasteiger partial charge in [-0.05, 0) is 30.2 Å². The van der Waals surface area contributed by atoms with E-state index in [0.717, 1.165) is 11.1 Å². The van der Waals surface area contributed by atoms with Gasteiger partial charge in [0.15, 0.2) is 0 Å². The second-order valence-electron chi connectivity index (χ2n) is 6.02. The van der Waals surface area contributed by atoms with E-state index in [2.05, 4.69) is 10.6 Å². The van der Waals surface area contributed by atoms with E-state index >= 15 is 0 Å². The Balaban J connectivity index is 1.61. The van der Waals surface area contributed by atoms with Crippen LogP contribution in [0.4, 0.5) is 0 Å². The summed E-state index contributed by atoms with van der Waals surface area (Å²) in [7, 11) is 0. The second kappa shape index (κ2) is 10.2. The second-order valence-corrected chi connectivity index (χ2v) is 6.02. The fraction of sp³-hybridized carbons (Fsp3) is 0.300. The zero-order valence-corrected chi connectivity index (χ0v) is 14.8. The van der Waals surface area contributed by atoms with Crippen LogP contribution in [0.15, 0.2) is 54.6 Å². The monoisotopic (exact) mass is 356 g/mol. The Hall–Kier alpha value is -2.86. The summed E-state index contributed by atoms with van der Waals surface area (Å²) < 4.78 is 5.47. The topological polar surface area (TPSA) is 87.7 Å². The molecule has 0 spiro atoms. The smallest absolute Gasteiger partial charge is 0.239 e. The lowest BCUT2D eigenvalue weighted by atomic mass is 10.1. The summed E-state index contributed by atoms with van der Waals surface area (Å²) in [5.41, 5.74) is 1.95. The van der Waals surface area contributed by atoms with Gasteiger partial charge in [0.25, 0.3) is 0 Å². The number of aryl methyl sites for hydroxylation is 1. The summed E-state index contributed by atoms with van der Waals surface area (Å²) in [6, 6.07) is 16.8. The van der Waals surface area contributed by atoms with Crippen molar-refractivity contribution in [1.82, 2.24) is 10.6 Å². The molecule has 3 N–H and O–H groups in total. The number of aliphatic hydroxyl groups is 1. The summed E-state index contributed by atoms with van der Waals surface area (Å²) in [6.45, 7) is 1.95. The van der Waals surface area contributed by atoms with Gasteiger partial charge < -0.3 is 20.5 Å². The molecule has 138 valence electrons. The zero-order valence-electron chi connectivity index (χ0n) is 14.8. The Kier molecular flexibility index (Phi) is 7.64. The number of hydrogen-bond acceptors (Lipinski definition) is 4. The SMILES string of the molecule is Cc1cccc(OCC(O)CNC(=O)CNC(=O)Cc2ccccc2)c1. The van der Waals surface area contributed by atoms with Gasteiger partial charge in [-0.1, -0.05) is 42.5 Å². The minimum absolute atomic E-state index is 0.0548. The molecule has 1 atom stereocenters. The molecule has 0 saturated heterocycles. The van der Waals surface area contributed by atoms with Crippen LogP contribution in [0.3, 0.4) is 0 Å². The standard InChI is InChI=1S/C20H24N2O4/c1-15-6-5-9-18(10-15)26-14-17(23)12-21-20(25)13-22-19(24)11-16-7-3-2-4-8-16/h2-10,17,23H,11-14H2,1H3,(H,21,25)(H,22,24). The molecule has 2 aromatic carbocycles. The van der Waals surface area contributed by atoms with Crippen molar-refractivity contribution < 1.29 is 19.4 Å². The van der Waals surface area contributed by atoms with Crippen molar-refractivity contribution in [2.24, 2.45) is 0 Å². The fourth-order valence-electron chi connectivity index (χ4n) is 2.27. The van der Waals surface area contributed by atoms with Gasteiger partial charge in [0.05, 0.1) is 13.0 Å². The highest BCUT2D eigenvalue weighted by Crippen LogP contribution is 2.12. The first-order valence-electron chi connectivity index (χ1n) is 8.48. The number of nitrogens with one attached hydrogen (secondary N) is 2. The van der Waals surface area contributed by atoms with Crippen molar-refractivity contribution in [2.45, 2.75) is 19.4 Å². The molecule has 1 unspecified atom stereocenters. The number of ether oxygens (including phenoxy) is 1. The van der Waals surface area contributed by atoms with Crippen molar-refractivity contribution >= 4 is 11.8 Å². The fourth-order valence-corrected chi connectivity index (χ4v) is 2.27. The minimum atomic E-state index is -0.834. The average molecular weight is 356 g/mol. The number of carbonyl (C=O) groups is 2. The Morgan fingerprint density at radius 2 is 1.81 bits per heavy atom. The molecule has 0 aliphatic heterocycles. The summed E-state index contributed by atoms with van der Waals surface area (Å²) >= 11 is 0. The van der Waals surface area contributed by atoms with Gasteiger partial charge in [0.1, 0.15) is 18.5 Å². The third kappa shape index (κ3) is 7.36. The van der Waals surface area contributed by atoms with E-state index in [9.17, 15) is 14.7 Å². The van der Waals surface area contributed by atoms with E-state index < -0.39 is 6.10 Å². The Morgan fingerprint density at radius 3 is 2.54 bits per heavy atom. The molecule has 0 aliphatic rings. The highest BCUT2D eigenvalue weighted by Gasteiger charge is 2.10. The number of hydrogen-bond donors (Lipinski definition) is 3. The van der Waals surface area contributed by atoms with Crippen LogP contribution in [0, 0.1) is 6.92 Å². The van der Waals surface area contributed by atoms with E-state index in [1.807, 2.05) is 55.5 Å². The van der Waals surface area contributed by atoms with Crippen molar-refractivity contribution in [3.8, 4) is 5.75 Å². The first-order chi connectivity index (χ1) is 12.5. The van der Waals surface area contributed by atoms with Crippen molar-refractivity contribution in [3.05, 3.63) is 65.7 Å². The molecule has 0 aromatic heterocycles. The maximum absolute atomic E-state index is 11.8. The van der Waals surface area contributed by atoms with Crippen LogP contribution in [0.2, 0.25) is 0 Å². The Morgan fingerprint density at radius 1 is 1.04 bits per heavy atom. The highest BCUT2D eigenvalue weighted by molar-refractivity contribution is 5.85. The summed E-state index contributed by atoms with van der Waals surface area (Å²) in [5.74, 6) is 0.0826. The number of amides is 2. The molecule has 0 aliphatic carbocycles. The maximum atomic E-state index is 11.8. The van der Waals surface area contributed by atoms with Crippen LogP contribution in [0.25, 0.3) is 0 Å². The number of rotatable bonds is 9. The third-order valence-electron chi connectivity index (χ3n) is 3.62. The van der Waals surface area contributed by atoms with E-state index in [4.69, 9.17) is 4.74 Å². The Bertz CT molecular complexity index is 719. The molecule has 0 fully saturated rings. The quantitative estimate of drug-likeness (QED) is 0.630. The number of carbonyl (C=O) groups excluding carboxylic acids is 2. The summed E-state index contributed by atoms with van der Waals surface area (Å²) in [6.07, 6.45) is -0.611. The third-order valence-corrected chi connectivity index (χ3v) is 3.62. The van der Waals surface area contributed by atoms with Crippen LogP contribution < -0.4 is 15.4 Å². The molecular formula is C20H24N2O4. The predicted molar refractivity (Wildman–Crippen MR) is 98.8 cm³/mol. The van der Waals surface area contributed by atoms with Crippen LogP contribution in [-0.4, -0.2) is 42.7 Å². The molecule has 0 heterocycles.